The number of carbonyl (C=O) groups excluding carboxylic acids is 2. The number of nitrogens with one attached hydrogen (secondary N) is 1. The highest BCUT2D eigenvalue weighted by atomic mass is 32.2. The maximum absolute atomic E-state index is 12.2. The predicted octanol–water partition coefficient (Wildman–Crippen LogP) is 2.20. The highest BCUT2D eigenvalue weighted by molar-refractivity contribution is 7.98. The Kier molecular flexibility index (Phi) is 7.15. The van der Waals surface area contributed by atoms with Gasteiger partial charge in [0.05, 0.1) is 13.0 Å². The minimum absolute atomic E-state index is 0.160. The quantitative estimate of drug-likeness (QED) is 0.784. The zero-order chi connectivity index (χ0) is 15.0. The molecule has 5 heteroatoms. The number of hydrogen-bond donors (Lipinski definition) is 1. The Bertz CT molecular complexity index is 436. The molecule has 0 aliphatic rings. The van der Waals surface area contributed by atoms with Gasteiger partial charge < -0.3 is 10.1 Å². The Balaban J connectivity index is 2.67. The summed E-state index contributed by atoms with van der Waals surface area (Å²) in [5.74, 6) is -0.0576. The number of rotatable bonds is 7. The van der Waals surface area contributed by atoms with Crippen molar-refractivity contribution in [1.82, 2.24) is 5.32 Å². The van der Waals surface area contributed by atoms with E-state index in [1.807, 2.05) is 43.5 Å². The molecule has 4 nitrogen and oxygen atoms in total. The molecular weight excluding hydrogens is 274 g/mol. The Labute approximate surface area is 124 Å². The first-order valence-electron chi connectivity index (χ1n) is 6.52. The van der Waals surface area contributed by atoms with Crippen LogP contribution in [0.25, 0.3) is 0 Å². The number of amides is 1. The first-order valence-corrected chi connectivity index (χ1v) is 7.91. The smallest absolute Gasteiger partial charge is 0.328 e. The highest BCUT2D eigenvalue weighted by Gasteiger charge is 2.24. The molecule has 110 valence electrons. The molecule has 0 saturated carbocycles. The van der Waals surface area contributed by atoms with Gasteiger partial charge in [-0.25, -0.2) is 4.79 Å². The van der Waals surface area contributed by atoms with Crippen molar-refractivity contribution in [3.05, 3.63) is 35.9 Å². The van der Waals surface area contributed by atoms with Gasteiger partial charge in [0, 0.05) is 0 Å². The van der Waals surface area contributed by atoms with Crippen LogP contribution < -0.4 is 5.32 Å². The summed E-state index contributed by atoms with van der Waals surface area (Å²) in [7, 11) is 1.33. The summed E-state index contributed by atoms with van der Waals surface area (Å²) < 4.78 is 4.73. The highest BCUT2D eigenvalue weighted by Crippen LogP contribution is 2.15. The van der Waals surface area contributed by atoms with Crippen molar-refractivity contribution >= 4 is 23.6 Å². The standard InChI is InChI=1S/C15H21NO3S/c1-11(12-7-5-4-6-8-12)14(17)16-13(9-10-20-3)15(18)19-2/h4-8,11,13H,9-10H2,1-3H3,(H,16,17)/t11-,13+/m1/s1. The van der Waals surface area contributed by atoms with E-state index in [4.69, 9.17) is 4.74 Å². The number of hydrogen-bond acceptors (Lipinski definition) is 4. The molecule has 0 spiro atoms. The maximum atomic E-state index is 12.2. The Morgan fingerprint density at radius 2 is 1.95 bits per heavy atom. The SMILES string of the molecule is COC(=O)[C@H](CCSC)NC(=O)[C@H](C)c1ccccc1. The van der Waals surface area contributed by atoms with Gasteiger partial charge in [-0.2, -0.15) is 11.8 Å². The van der Waals surface area contributed by atoms with Gasteiger partial charge in [0.1, 0.15) is 6.04 Å². The summed E-state index contributed by atoms with van der Waals surface area (Å²) in [6, 6.07) is 8.92. The summed E-state index contributed by atoms with van der Waals surface area (Å²) in [5, 5.41) is 2.77. The van der Waals surface area contributed by atoms with E-state index in [0.29, 0.717) is 6.42 Å². The molecule has 0 fully saturated rings. The first-order chi connectivity index (χ1) is 9.60. The van der Waals surface area contributed by atoms with Crippen LogP contribution in [0.2, 0.25) is 0 Å². The molecule has 0 bridgehead atoms. The van der Waals surface area contributed by atoms with E-state index in [1.165, 1.54) is 7.11 Å². The van der Waals surface area contributed by atoms with Crippen molar-refractivity contribution in [2.24, 2.45) is 0 Å². The Morgan fingerprint density at radius 1 is 1.30 bits per heavy atom. The van der Waals surface area contributed by atoms with Crippen molar-refractivity contribution in [2.75, 3.05) is 19.1 Å². The Morgan fingerprint density at radius 3 is 2.50 bits per heavy atom. The van der Waals surface area contributed by atoms with E-state index in [1.54, 1.807) is 11.8 Å². The van der Waals surface area contributed by atoms with E-state index >= 15 is 0 Å². The molecule has 1 aromatic carbocycles. The molecular formula is C15H21NO3S. The molecule has 0 radical (unpaired) electrons. The van der Waals surface area contributed by atoms with Gasteiger partial charge in [0.25, 0.3) is 0 Å². The van der Waals surface area contributed by atoms with Crippen molar-refractivity contribution in [1.29, 1.82) is 0 Å². The van der Waals surface area contributed by atoms with Crippen LogP contribution in [0.4, 0.5) is 0 Å². The molecule has 1 amide bonds. The second-order valence-electron chi connectivity index (χ2n) is 4.50. The number of esters is 1. The zero-order valence-electron chi connectivity index (χ0n) is 12.1. The number of benzene rings is 1. The van der Waals surface area contributed by atoms with Gasteiger partial charge in [-0.1, -0.05) is 30.3 Å². The molecule has 2 atom stereocenters. The second kappa shape index (κ2) is 8.64. The van der Waals surface area contributed by atoms with E-state index < -0.39 is 12.0 Å². The minimum Gasteiger partial charge on any atom is -0.467 e. The third-order valence-corrected chi connectivity index (χ3v) is 3.75. The van der Waals surface area contributed by atoms with E-state index in [9.17, 15) is 9.59 Å². The molecule has 0 aliphatic heterocycles. The fourth-order valence-corrected chi connectivity index (χ4v) is 2.29. The van der Waals surface area contributed by atoms with Crippen LogP contribution >= 0.6 is 11.8 Å². The minimum atomic E-state index is -0.578. The lowest BCUT2D eigenvalue weighted by Crippen LogP contribution is -2.43. The number of thioether (sulfide) groups is 1. The van der Waals surface area contributed by atoms with E-state index in [2.05, 4.69) is 5.32 Å². The predicted molar refractivity (Wildman–Crippen MR) is 81.8 cm³/mol. The zero-order valence-corrected chi connectivity index (χ0v) is 12.9. The molecule has 20 heavy (non-hydrogen) atoms. The summed E-state index contributed by atoms with van der Waals surface area (Å²) in [4.78, 5) is 23.9. The lowest BCUT2D eigenvalue weighted by atomic mass is 10.00. The van der Waals surface area contributed by atoms with E-state index in [0.717, 1.165) is 11.3 Å². The molecule has 1 N–H and O–H groups in total. The number of carbonyl (C=O) groups is 2. The molecule has 1 aromatic rings. The van der Waals surface area contributed by atoms with Gasteiger partial charge in [-0.15, -0.1) is 0 Å². The van der Waals surface area contributed by atoms with E-state index in [-0.39, 0.29) is 11.8 Å². The van der Waals surface area contributed by atoms with Crippen LogP contribution in [0, 0.1) is 0 Å². The average Bonchev–Trinajstić information content (AvgIpc) is 2.50. The summed E-state index contributed by atoms with van der Waals surface area (Å²) >= 11 is 1.63. The summed E-state index contributed by atoms with van der Waals surface area (Å²) in [6.07, 6.45) is 2.53. The van der Waals surface area contributed by atoms with Crippen LogP contribution in [-0.4, -0.2) is 37.0 Å². The van der Waals surface area contributed by atoms with Crippen LogP contribution in [0.3, 0.4) is 0 Å². The van der Waals surface area contributed by atoms with Gasteiger partial charge in [-0.3, -0.25) is 4.79 Å². The van der Waals surface area contributed by atoms with Crippen LogP contribution in [-0.2, 0) is 14.3 Å². The fourth-order valence-electron chi connectivity index (χ4n) is 1.82. The monoisotopic (exact) mass is 295 g/mol. The summed E-state index contributed by atoms with van der Waals surface area (Å²) in [5.41, 5.74) is 0.929. The largest absolute Gasteiger partial charge is 0.467 e. The fraction of sp³-hybridized carbons (Fsp3) is 0.467. The maximum Gasteiger partial charge on any atom is 0.328 e. The molecule has 0 aromatic heterocycles. The number of ether oxygens (including phenoxy) is 1. The van der Waals surface area contributed by atoms with Gasteiger partial charge >= 0.3 is 5.97 Å². The van der Waals surface area contributed by atoms with Crippen molar-refractivity contribution in [2.45, 2.75) is 25.3 Å². The van der Waals surface area contributed by atoms with Crippen molar-refractivity contribution in [3.63, 3.8) is 0 Å². The average molecular weight is 295 g/mol. The molecule has 0 heterocycles. The third-order valence-electron chi connectivity index (χ3n) is 3.11. The molecule has 0 unspecified atom stereocenters. The second-order valence-corrected chi connectivity index (χ2v) is 5.48. The van der Waals surface area contributed by atoms with Crippen molar-refractivity contribution in [3.8, 4) is 0 Å². The molecule has 0 saturated heterocycles. The van der Waals surface area contributed by atoms with Gasteiger partial charge in [0.15, 0.2) is 0 Å². The van der Waals surface area contributed by atoms with Crippen LogP contribution in [0.1, 0.15) is 24.8 Å². The topological polar surface area (TPSA) is 55.4 Å². The van der Waals surface area contributed by atoms with Crippen LogP contribution in [0.5, 0.6) is 0 Å². The van der Waals surface area contributed by atoms with Gasteiger partial charge in [0.2, 0.25) is 5.91 Å². The molecule has 1 rings (SSSR count). The lowest BCUT2D eigenvalue weighted by molar-refractivity contribution is -0.145. The third kappa shape index (κ3) is 4.89. The van der Waals surface area contributed by atoms with Crippen molar-refractivity contribution < 1.29 is 14.3 Å². The number of methoxy groups -OCH3 is 1. The lowest BCUT2D eigenvalue weighted by Gasteiger charge is -2.19. The molecule has 0 aliphatic carbocycles. The normalized spacial score (nSPS) is 13.3. The Hall–Kier alpha value is -1.49. The first kappa shape index (κ1) is 16.6. The van der Waals surface area contributed by atoms with Crippen LogP contribution in [0.15, 0.2) is 30.3 Å². The van der Waals surface area contributed by atoms with Gasteiger partial charge in [-0.05, 0) is 30.9 Å². The summed E-state index contributed by atoms with van der Waals surface area (Å²) in [6.45, 7) is 1.83.